The fraction of sp³-hybridized carbons (Fsp3) is 0.565. The third kappa shape index (κ3) is 48.3. The van der Waals surface area contributed by atoms with Gasteiger partial charge >= 0.3 is 0 Å². The largest absolute Gasteiger partial charge is 0.369 e. The lowest BCUT2D eigenvalue weighted by Crippen LogP contribution is -2.19. The van der Waals surface area contributed by atoms with Gasteiger partial charge in [-0.3, -0.25) is 9.59 Å². The Labute approximate surface area is 322 Å². The minimum Gasteiger partial charge on any atom is -0.369 e. The number of hydrogen-bond donors (Lipinski definition) is 2. The van der Waals surface area contributed by atoms with Crippen molar-refractivity contribution in [1.82, 2.24) is 0 Å². The fourth-order valence-electron chi connectivity index (χ4n) is 3.65. The van der Waals surface area contributed by atoms with Crippen LogP contribution in [-0.4, -0.2) is 23.9 Å². The van der Waals surface area contributed by atoms with Gasteiger partial charge in [0.05, 0.1) is 0 Å². The van der Waals surface area contributed by atoms with Gasteiger partial charge in [-0.25, -0.2) is 0 Å². The van der Waals surface area contributed by atoms with Gasteiger partial charge in [-0.2, -0.15) is 0 Å². The molecule has 0 saturated heterocycles. The summed E-state index contributed by atoms with van der Waals surface area (Å²) in [5.41, 5.74) is 15.8. The third-order valence-electron chi connectivity index (χ3n) is 6.61. The average Bonchev–Trinajstić information content (AvgIpc) is 3.15. The third-order valence-corrected chi connectivity index (χ3v) is 6.61. The summed E-state index contributed by atoms with van der Waals surface area (Å²) in [4.78, 5) is 41.3. The molecule has 300 valence electrons. The number of hydrogen-bond acceptors (Lipinski definition) is 4. The SMILES string of the molecule is C=C(C)CCc1ccccc1.CC.CC.CC.CC/C=C(/C)CCC.CCC(C)=O.CCC[C@H](C)C(N)=O.C[C@H](C=O)Cc1ccc(C(N)=O)cc1. The van der Waals surface area contributed by atoms with Crippen LogP contribution in [0.5, 0.6) is 0 Å². The van der Waals surface area contributed by atoms with Crippen LogP contribution in [0.1, 0.15) is 170 Å². The molecular weight excluding hydrogens is 645 g/mol. The van der Waals surface area contributed by atoms with Crippen LogP contribution in [0.15, 0.2) is 78.4 Å². The monoisotopic (exact) mass is 727 g/mol. The molecule has 0 unspecified atom stereocenters. The van der Waals surface area contributed by atoms with Crippen molar-refractivity contribution in [2.24, 2.45) is 23.3 Å². The van der Waals surface area contributed by atoms with E-state index in [4.69, 9.17) is 11.5 Å². The van der Waals surface area contributed by atoms with Crippen LogP contribution in [0, 0.1) is 11.8 Å². The number of carbonyl (C=O) groups excluding carboxylic acids is 4. The summed E-state index contributed by atoms with van der Waals surface area (Å²) in [5.74, 6) is -0.300. The smallest absolute Gasteiger partial charge is 0.248 e. The molecule has 0 radical (unpaired) electrons. The van der Waals surface area contributed by atoms with Gasteiger partial charge in [0.1, 0.15) is 12.1 Å². The highest BCUT2D eigenvalue weighted by Gasteiger charge is 2.05. The maximum Gasteiger partial charge on any atom is 0.248 e. The van der Waals surface area contributed by atoms with Crippen molar-refractivity contribution in [3.05, 3.63) is 95.1 Å². The van der Waals surface area contributed by atoms with Gasteiger partial charge < -0.3 is 21.1 Å². The molecule has 0 heterocycles. The highest BCUT2D eigenvalue weighted by atomic mass is 16.1. The van der Waals surface area contributed by atoms with Gasteiger partial charge in [0.25, 0.3) is 0 Å². The second-order valence-electron chi connectivity index (χ2n) is 11.7. The van der Waals surface area contributed by atoms with Crippen LogP contribution >= 0.6 is 0 Å². The van der Waals surface area contributed by atoms with E-state index in [2.05, 4.69) is 64.6 Å². The maximum atomic E-state index is 10.8. The van der Waals surface area contributed by atoms with E-state index < -0.39 is 5.91 Å². The molecule has 0 aliphatic carbocycles. The Kier molecular flexibility index (Phi) is 54.7. The Morgan fingerprint density at radius 1 is 0.731 bits per heavy atom. The Morgan fingerprint density at radius 3 is 1.52 bits per heavy atom. The van der Waals surface area contributed by atoms with Crippen molar-refractivity contribution in [3.8, 4) is 0 Å². The molecule has 0 bridgehead atoms. The van der Waals surface area contributed by atoms with Crippen LogP contribution < -0.4 is 11.5 Å². The zero-order valence-electron chi connectivity index (χ0n) is 36.4. The van der Waals surface area contributed by atoms with Gasteiger partial charge in [0.2, 0.25) is 11.8 Å². The lowest BCUT2D eigenvalue weighted by Gasteiger charge is -2.03. The summed E-state index contributed by atoms with van der Waals surface area (Å²) < 4.78 is 0. The second kappa shape index (κ2) is 47.2. The van der Waals surface area contributed by atoms with Crippen molar-refractivity contribution in [3.63, 3.8) is 0 Å². The van der Waals surface area contributed by atoms with E-state index in [1.54, 1.807) is 19.1 Å². The molecule has 2 atom stereocenters. The summed E-state index contributed by atoms with van der Waals surface area (Å²) in [6.45, 7) is 33.7. The number of benzene rings is 2. The lowest BCUT2D eigenvalue weighted by atomic mass is 10.0. The van der Waals surface area contributed by atoms with Gasteiger partial charge in [0, 0.05) is 23.8 Å². The normalized spacial score (nSPS) is 10.2. The Balaban J connectivity index is -0.000000127. The maximum absolute atomic E-state index is 10.8. The first-order valence-electron chi connectivity index (χ1n) is 19.6. The first-order valence-corrected chi connectivity index (χ1v) is 19.6. The number of carbonyl (C=O) groups is 4. The van der Waals surface area contributed by atoms with Crippen molar-refractivity contribution >= 4 is 23.9 Å². The number of aldehydes is 1. The molecule has 0 aliphatic heterocycles. The highest BCUT2D eigenvalue weighted by Crippen LogP contribution is 2.09. The Hall–Kier alpha value is -3.80. The first kappa shape index (κ1) is 60.3. The number of ketones is 1. The molecule has 0 saturated carbocycles. The highest BCUT2D eigenvalue weighted by molar-refractivity contribution is 5.92. The quantitative estimate of drug-likeness (QED) is 0.149. The van der Waals surface area contributed by atoms with Crippen LogP contribution in [0.4, 0.5) is 0 Å². The Morgan fingerprint density at radius 2 is 1.21 bits per heavy atom. The molecule has 0 fully saturated rings. The molecule has 6 heteroatoms. The van der Waals surface area contributed by atoms with Crippen molar-refractivity contribution in [2.75, 3.05) is 0 Å². The predicted octanol–water partition coefficient (Wildman–Crippen LogP) is 12.5. The van der Waals surface area contributed by atoms with Gasteiger partial charge in [-0.05, 0) is 82.6 Å². The summed E-state index contributed by atoms with van der Waals surface area (Å²) in [5, 5.41) is 0. The van der Waals surface area contributed by atoms with Gasteiger partial charge in [-0.1, -0.05) is 156 Å². The van der Waals surface area contributed by atoms with Gasteiger partial charge in [0.15, 0.2) is 0 Å². The molecule has 2 amide bonds. The number of nitrogens with two attached hydrogens (primary N) is 2. The van der Waals surface area contributed by atoms with Crippen LogP contribution in [-0.2, 0) is 27.2 Å². The van der Waals surface area contributed by atoms with Crippen LogP contribution in [0.3, 0.4) is 0 Å². The van der Waals surface area contributed by atoms with E-state index >= 15 is 0 Å². The van der Waals surface area contributed by atoms with Crippen LogP contribution in [0.2, 0.25) is 0 Å². The zero-order valence-corrected chi connectivity index (χ0v) is 36.4. The first-order chi connectivity index (χ1) is 24.7. The van der Waals surface area contributed by atoms with E-state index in [1.807, 2.05) is 87.4 Å². The average molecular weight is 727 g/mol. The molecule has 6 nitrogen and oxygen atoms in total. The fourth-order valence-corrected chi connectivity index (χ4v) is 3.65. The molecule has 2 aromatic carbocycles. The lowest BCUT2D eigenvalue weighted by molar-refractivity contribution is -0.121. The van der Waals surface area contributed by atoms with E-state index in [0.717, 1.165) is 37.5 Å². The molecular formula is C46H82N2O4. The van der Waals surface area contributed by atoms with E-state index in [9.17, 15) is 19.2 Å². The number of allylic oxidation sites excluding steroid dienone is 3. The topological polar surface area (TPSA) is 120 Å². The summed E-state index contributed by atoms with van der Waals surface area (Å²) in [7, 11) is 0. The van der Waals surface area contributed by atoms with Crippen molar-refractivity contribution < 1.29 is 19.2 Å². The zero-order chi connectivity index (χ0) is 41.9. The minimum absolute atomic E-state index is 0.00873. The standard InChI is InChI=1S/C11H13NO2.C11H14.C8H16.C6H13NO.C4H8O.3C2H6/c1-8(7-13)6-9-2-4-10(5-3-9)11(12)14;1-10(2)8-9-11-6-4-3-5-7-11;1-4-6-8(3)7-5-2;1-3-4-5(2)6(7)8;1-3-4(2)5;3*1-2/h2-5,7-8H,6H2,1H3,(H2,12,14);3-7H,1,8-9H2,2H3;6H,4-5,7H2,1-3H3;5H,3-4H2,1-2H3,(H2,7,8);3H2,1-2H3;3*1-2H3/b;;8-6-;;;;;/t8-;;;5-;;;;/m0..0..../s1. The summed E-state index contributed by atoms with van der Waals surface area (Å²) in [6.07, 6.45) is 12.5. The van der Waals surface area contributed by atoms with E-state index in [0.29, 0.717) is 18.4 Å². The molecule has 2 aromatic rings. The van der Waals surface area contributed by atoms with Crippen LogP contribution in [0.25, 0.3) is 0 Å². The minimum atomic E-state index is -0.431. The Bertz CT molecular complexity index is 1120. The van der Waals surface area contributed by atoms with Crippen molar-refractivity contribution in [2.45, 2.75) is 162 Å². The van der Waals surface area contributed by atoms with E-state index in [1.165, 1.54) is 36.0 Å². The number of primary amides is 2. The molecule has 52 heavy (non-hydrogen) atoms. The molecule has 0 aromatic heterocycles. The molecule has 0 aliphatic rings. The van der Waals surface area contributed by atoms with Crippen molar-refractivity contribution in [1.29, 1.82) is 0 Å². The van der Waals surface area contributed by atoms with Gasteiger partial charge in [-0.15, -0.1) is 6.58 Å². The number of Topliss-reactive ketones (excluding diaryl/α,β-unsaturated/α-hetero) is 1. The van der Waals surface area contributed by atoms with E-state index in [-0.39, 0.29) is 23.5 Å². The number of amides is 2. The molecule has 4 N–H and O–H groups in total. The number of rotatable bonds is 14. The predicted molar refractivity (Wildman–Crippen MR) is 231 cm³/mol. The molecule has 2 rings (SSSR count). The number of aryl methyl sites for hydroxylation is 1. The summed E-state index contributed by atoms with van der Waals surface area (Å²) in [6, 6.07) is 17.5. The second-order valence-corrected chi connectivity index (χ2v) is 11.7. The summed E-state index contributed by atoms with van der Waals surface area (Å²) >= 11 is 0. The molecule has 0 spiro atoms.